The van der Waals surface area contributed by atoms with Gasteiger partial charge in [-0.3, -0.25) is 10.1 Å². The van der Waals surface area contributed by atoms with E-state index in [4.69, 9.17) is 9.26 Å². The van der Waals surface area contributed by atoms with E-state index in [0.717, 1.165) is 16.9 Å². The lowest BCUT2D eigenvalue weighted by molar-refractivity contribution is 0.102. The SMILES string of the molecule is COc1ccc(-c2cnoc2NC(=O)c2cccs2)cc1. The second kappa shape index (κ2) is 5.80. The molecule has 0 aliphatic carbocycles. The van der Waals surface area contributed by atoms with Crippen LogP contribution in [0.1, 0.15) is 9.67 Å². The lowest BCUT2D eigenvalue weighted by atomic mass is 10.1. The number of nitrogens with one attached hydrogen (secondary N) is 1. The quantitative estimate of drug-likeness (QED) is 0.798. The van der Waals surface area contributed by atoms with E-state index in [1.165, 1.54) is 11.3 Å². The molecule has 0 spiro atoms. The minimum Gasteiger partial charge on any atom is -0.497 e. The van der Waals surface area contributed by atoms with Crippen molar-refractivity contribution >= 4 is 23.1 Å². The van der Waals surface area contributed by atoms with Crippen molar-refractivity contribution in [2.75, 3.05) is 12.4 Å². The van der Waals surface area contributed by atoms with Gasteiger partial charge in [-0.2, -0.15) is 0 Å². The Hall–Kier alpha value is -2.60. The molecule has 6 heteroatoms. The largest absolute Gasteiger partial charge is 0.497 e. The Balaban J connectivity index is 1.85. The molecule has 0 bridgehead atoms. The summed E-state index contributed by atoms with van der Waals surface area (Å²) in [6.07, 6.45) is 1.58. The molecule has 3 rings (SSSR count). The average Bonchev–Trinajstić information content (AvgIpc) is 3.19. The van der Waals surface area contributed by atoms with E-state index in [1.807, 2.05) is 35.7 Å². The molecule has 0 unspecified atom stereocenters. The number of benzene rings is 1. The van der Waals surface area contributed by atoms with Gasteiger partial charge in [0.2, 0.25) is 5.88 Å². The molecule has 0 fully saturated rings. The number of nitrogens with zero attached hydrogens (tertiary/aromatic N) is 1. The van der Waals surface area contributed by atoms with Crippen molar-refractivity contribution in [2.45, 2.75) is 0 Å². The van der Waals surface area contributed by atoms with E-state index in [2.05, 4.69) is 10.5 Å². The van der Waals surface area contributed by atoms with Gasteiger partial charge in [-0.1, -0.05) is 23.4 Å². The van der Waals surface area contributed by atoms with E-state index in [-0.39, 0.29) is 5.91 Å². The highest BCUT2D eigenvalue weighted by Crippen LogP contribution is 2.29. The van der Waals surface area contributed by atoms with Crippen molar-refractivity contribution in [1.82, 2.24) is 5.16 Å². The number of carbonyl (C=O) groups is 1. The third-order valence-corrected chi connectivity index (χ3v) is 3.81. The summed E-state index contributed by atoms with van der Waals surface area (Å²) in [5.41, 5.74) is 1.61. The highest BCUT2D eigenvalue weighted by molar-refractivity contribution is 7.12. The number of ether oxygens (including phenoxy) is 1. The number of hydrogen-bond acceptors (Lipinski definition) is 5. The Morgan fingerprint density at radius 1 is 1.29 bits per heavy atom. The Morgan fingerprint density at radius 2 is 2.10 bits per heavy atom. The van der Waals surface area contributed by atoms with Crippen LogP contribution in [0, 0.1) is 0 Å². The Labute approximate surface area is 125 Å². The van der Waals surface area contributed by atoms with Gasteiger partial charge < -0.3 is 9.26 Å². The number of rotatable bonds is 4. The zero-order valence-electron chi connectivity index (χ0n) is 11.2. The highest BCUT2D eigenvalue weighted by atomic mass is 32.1. The normalized spacial score (nSPS) is 10.3. The first-order valence-electron chi connectivity index (χ1n) is 6.22. The average molecular weight is 300 g/mol. The van der Waals surface area contributed by atoms with Gasteiger partial charge in [-0.15, -0.1) is 11.3 Å². The van der Waals surface area contributed by atoms with Crippen LogP contribution in [0.15, 0.2) is 52.5 Å². The van der Waals surface area contributed by atoms with Crippen LogP contribution < -0.4 is 10.1 Å². The topological polar surface area (TPSA) is 64.4 Å². The summed E-state index contributed by atoms with van der Waals surface area (Å²) in [5, 5.41) is 8.34. The summed E-state index contributed by atoms with van der Waals surface area (Å²) < 4.78 is 10.3. The summed E-state index contributed by atoms with van der Waals surface area (Å²) in [7, 11) is 1.61. The van der Waals surface area contributed by atoms with Crippen LogP contribution in [0.4, 0.5) is 5.88 Å². The zero-order chi connectivity index (χ0) is 14.7. The van der Waals surface area contributed by atoms with E-state index >= 15 is 0 Å². The molecule has 1 amide bonds. The molecule has 0 aliphatic heterocycles. The van der Waals surface area contributed by atoms with Crippen molar-refractivity contribution in [1.29, 1.82) is 0 Å². The molecule has 1 N–H and O–H groups in total. The van der Waals surface area contributed by atoms with Crippen molar-refractivity contribution in [2.24, 2.45) is 0 Å². The molecule has 21 heavy (non-hydrogen) atoms. The van der Waals surface area contributed by atoms with Crippen LogP contribution in [0.3, 0.4) is 0 Å². The molecule has 0 atom stereocenters. The summed E-state index contributed by atoms with van der Waals surface area (Å²) in [5.74, 6) is 0.884. The second-order valence-corrected chi connectivity index (χ2v) is 5.18. The maximum Gasteiger partial charge on any atom is 0.268 e. The minimum atomic E-state index is -0.212. The standard InChI is InChI=1S/C15H12N2O3S/c1-19-11-6-4-10(5-7-11)12-9-16-20-15(12)17-14(18)13-3-2-8-21-13/h2-9H,1H3,(H,17,18). The van der Waals surface area contributed by atoms with E-state index in [9.17, 15) is 4.79 Å². The van der Waals surface area contributed by atoms with E-state index in [1.54, 1.807) is 19.4 Å². The number of carbonyl (C=O) groups excluding carboxylic acids is 1. The van der Waals surface area contributed by atoms with Gasteiger partial charge in [0.15, 0.2) is 0 Å². The molecule has 2 heterocycles. The number of hydrogen-bond donors (Lipinski definition) is 1. The van der Waals surface area contributed by atoms with Gasteiger partial charge in [-0.05, 0) is 29.1 Å². The van der Waals surface area contributed by atoms with Gasteiger partial charge in [0.05, 0.1) is 23.7 Å². The molecule has 2 aromatic heterocycles. The zero-order valence-corrected chi connectivity index (χ0v) is 12.0. The maximum atomic E-state index is 12.0. The van der Waals surface area contributed by atoms with Crippen LogP contribution in [-0.2, 0) is 0 Å². The molecule has 0 aliphatic rings. The molecule has 1 aromatic carbocycles. The Kier molecular flexibility index (Phi) is 3.70. The van der Waals surface area contributed by atoms with Gasteiger partial charge in [-0.25, -0.2) is 0 Å². The van der Waals surface area contributed by atoms with Crippen LogP contribution in [-0.4, -0.2) is 18.2 Å². The predicted molar refractivity (Wildman–Crippen MR) is 80.8 cm³/mol. The first-order chi connectivity index (χ1) is 10.3. The van der Waals surface area contributed by atoms with Gasteiger partial charge in [0, 0.05) is 0 Å². The molecular formula is C15H12N2O3S. The third-order valence-electron chi connectivity index (χ3n) is 2.94. The Bertz CT molecular complexity index is 733. The molecule has 0 saturated carbocycles. The van der Waals surface area contributed by atoms with Crippen LogP contribution >= 0.6 is 11.3 Å². The summed E-state index contributed by atoms with van der Waals surface area (Å²) >= 11 is 1.37. The molecule has 0 radical (unpaired) electrons. The van der Waals surface area contributed by atoms with Gasteiger partial charge >= 0.3 is 0 Å². The lowest BCUT2D eigenvalue weighted by Crippen LogP contribution is -2.10. The monoisotopic (exact) mass is 300 g/mol. The first-order valence-corrected chi connectivity index (χ1v) is 7.10. The first kappa shape index (κ1) is 13.4. The molecule has 0 saturated heterocycles. The number of thiophene rings is 1. The van der Waals surface area contributed by atoms with Crippen molar-refractivity contribution < 1.29 is 14.1 Å². The Morgan fingerprint density at radius 3 is 2.76 bits per heavy atom. The smallest absolute Gasteiger partial charge is 0.268 e. The van der Waals surface area contributed by atoms with Crippen molar-refractivity contribution in [3.63, 3.8) is 0 Å². The number of methoxy groups -OCH3 is 1. The van der Waals surface area contributed by atoms with E-state index in [0.29, 0.717) is 10.8 Å². The number of aromatic nitrogens is 1. The van der Waals surface area contributed by atoms with Crippen LogP contribution in [0.2, 0.25) is 0 Å². The number of anilines is 1. The highest BCUT2D eigenvalue weighted by Gasteiger charge is 2.15. The van der Waals surface area contributed by atoms with Gasteiger partial charge in [0.1, 0.15) is 5.75 Å². The van der Waals surface area contributed by atoms with E-state index < -0.39 is 0 Å². The summed E-state index contributed by atoms with van der Waals surface area (Å²) in [6, 6.07) is 11.0. The van der Waals surface area contributed by atoms with Gasteiger partial charge in [0.25, 0.3) is 5.91 Å². The third kappa shape index (κ3) is 2.80. The fraction of sp³-hybridized carbons (Fsp3) is 0.0667. The lowest BCUT2D eigenvalue weighted by Gasteiger charge is -2.04. The van der Waals surface area contributed by atoms with Crippen LogP contribution in [0.25, 0.3) is 11.1 Å². The molecular weight excluding hydrogens is 288 g/mol. The summed E-state index contributed by atoms with van der Waals surface area (Å²) in [4.78, 5) is 12.7. The number of amides is 1. The summed E-state index contributed by atoms with van der Waals surface area (Å²) in [6.45, 7) is 0. The molecule has 106 valence electrons. The minimum absolute atomic E-state index is 0.212. The molecule has 3 aromatic rings. The fourth-order valence-electron chi connectivity index (χ4n) is 1.88. The molecule has 5 nitrogen and oxygen atoms in total. The maximum absolute atomic E-state index is 12.0. The predicted octanol–water partition coefficient (Wildman–Crippen LogP) is 3.66. The van der Waals surface area contributed by atoms with Crippen molar-refractivity contribution in [3.8, 4) is 16.9 Å². The van der Waals surface area contributed by atoms with Crippen molar-refractivity contribution in [3.05, 3.63) is 52.9 Å². The van der Waals surface area contributed by atoms with Crippen LogP contribution in [0.5, 0.6) is 5.75 Å². The fourth-order valence-corrected chi connectivity index (χ4v) is 2.50. The second-order valence-electron chi connectivity index (χ2n) is 4.23.